The molecule has 0 amide bonds. The van der Waals surface area contributed by atoms with Crippen LogP contribution in [0.2, 0.25) is 5.15 Å². The van der Waals surface area contributed by atoms with E-state index in [0.29, 0.717) is 17.6 Å². The average molecular weight is 473 g/mol. The van der Waals surface area contributed by atoms with Gasteiger partial charge in [0.1, 0.15) is 23.7 Å². The summed E-state index contributed by atoms with van der Waals surface area (Å²) in [7, 11) is 0. The number of fused-ring (bicyclic) bond motifs is 2. The van der Waals surface area contributed by atoms with E-state index >= 15 is 0 Å². The molecular formula is C14H15Cl4N6O2P. The summed E-state index contributed by atoms with van der Waals surface area (Å²) in [5.74, 6) is 0. The minimum Gasteiger partial charge on any atom is -0.310 e. The molecule has 0 unspecified atom stereocenters. The van der Waals surface area contributed by atoms with Crippen LogP contribution in [0.5, 0.6) is 0 Å². The molecule has 4 aromatic heterocycles. The molecular weight excluding hydrogens is 457 g/mol. The molecule has 146 valence electrons. The summed E-state index contributed by atoms with van der Waals surface area (Å²) in [4.78, 5) is 17.2. The van der Waals surface area contributed by atoms with Crippen LogP contribution in [0.4, 0.5) is 0 Å². The van der Waals surface area contributed by atoms with Crippen LogP contribution in [0, 0.1) is 0 Å². The molecule has 4 aromatic rings. The lowest BCUT2D eigenvalue weighted by Gasteiger charge is -1.91. The molecule has 0 aliphatic heterocycles. The van der Waals surface area contributed by atoms with Crippen LogP contribution < -0.4 is 5.56 Å². The van der Waals surface area contributed by atoms with E-state index in [1.54, 1.807) is 29.8 Å². The highest BCUT2D eigenvalue weighted by atomic mass is 36.0. The highest BCUT2D eigenvalue weighted by Crippen LogP contribution is 2.61. The third-order valence-corrected chi connectivity index (χ3v) is 2.92. The molecule has 0 saturated carbocycles. The summed E-state index contributed by atoms with van der Waals surface area (Å²) < 4.78 is 18.9. The molecule has 0 radical (unpaired) electrons. The maximum Gasteiger partial charge on any atom is 0.339 e. The fourth-order valence-electron chi connectivity index (χ4n) is 1.71. The highest BCUT2D eigenvalue weighted by molar-refractivity contribution is 8.24. The number of rotatable bonds is 0. The van der Waals surface area contributed by atoms with Crippen LogP contribution in [0.25, 0.3) is 11.0 Å². The summed E-state index contributed by atoms with van der Waals surface area (Å²) in [6.45, 7) is 2.29. The summed E-state index contributed by atoms with van der Waals surface area (Å²) in [6, 6.07) is 7.22. The normalized spacial score (nSPS) is 10.6. The van der Waals surface area contributed by atoms with E-state index in [0.717, 1.165) is 5.52 Å². The van der Waals surface area contributed by atoms with Crippen molar-refractivity contribution in [2.75, 3.05) is 0 Å². The Bertz CT molecular complexity index is 1090. The van der Waals surface area contributed by atoms with Gasteiger partial charge in [0.25, 0.3) is 5.56 Å². The van der Waals surface area contributed by atoms with Crippen molar-refractivity contribution in [1.82, 2.24) is 29.2 Å². The van der Waals surface area contributed by atoms with Gasteiger partial charge in [0.2, 0.25) is 0 Å². The van der Waals surface area contributed by atoms with Gasteiger partial charge < -0.3 is 4.98 Å². The highest BCUT2D eigenvalue weighted by Gasteiger charge is 2.03. The van der Waals surface area contributed by atoms with E-state index in [4.69, 9.17) is 13.0 Å². The lowest BCUT2D eigenvalue weighted by atomic mass is 10.5. The van der Waals surface area contributed by atoms with Crippen molar-refractivity contribution in [3.05, 3.63) is 64.8 Å². The SMILES string of the molecule is Clc1ncnn2cccc12.O=P(Cl)(Cl)Cl.O=c1[nH]cnn2cccc12.[2H]CC. The monoisotopic (exact) mass is 471 g/mol. The smallest absolute Gasteiger partial charge is 0.310 e. The average Bonchev–Trinajstić information content (AvgIpc) is 3.25. The van der Waals surface area contributed by atoms with Crippen molar-refractivity contribution < 1.29 is 5.94 Å². The largest absolute Gasteiger partial charge is 0.339 e. The Balaban J connectivity index is 0.000000207. The van der Waals surface area contributed by atoms with Gasteiger partial charge in [-0.05, 0) is 58.0 Å². The minimum atomic E-state index is -3.22. The molecule has 4 rings (SSSR count). The zero-order chi connectivity index (χ0) is 21.2. The molecule has 8 nitrogen and oxygen atoms in total. The van der Waals surface area contributed by atoms with Gasteiger partial charge in [-0.1, -0.05) is 25.4 Å². The van der Waals surface area contributed by atoms with Crippen molar-refractivity contribution in [2.45, 2.75) is 13.8 Å². The number of aromatic nitrogens is 6. The summed E-state index contributed by atoms with van der Waals surface area (Å²) in [6.07, 6.45) is 6.35. The molecule has 0 aliphatic rings. The summed E-state index contributed by atoms with van der Waals surface area (Å²) in [5, 5.41) is 5.05. The topological polar surface area (TPSA) is 97.4 Å². The summed E-state index contributed by atoms with van der Waals surface area (Å²) >= 11 is 19.6. The first-order valence-electron chi connectivity index (χ1n) is 7.81. The van der Waals surface area contributed by atoms with Crippen molar-refractivity contribution in [3.8, 4) is 0 Å². The standard InChI is InChI=1S/C6H4ClN3.C6H5N3O.C2H6.Cl3OP/c7-6-5-2-1-3-10(5)9-4-8-6;10-6-5-2-1-3-9(5)8-4-7-6;1-2;1-5(2,3)4/h1-4H;1-4H,(H,7,8,10);1-2H3;/i;;1D;. The quantitative estimate of drug-likeness (QED) is 0.353. The molecule has 0 saturated heterocycles. The molecule has 1 N–H and O–H groups in total. The first-order chi connectivity index (χ1) is 13.2. The van der Waals surface area contributed by atoms with Gasteiger partial charge >= 0.3 is 5.20 Å². The van der Waals surface area contributed by atoms with E-state index < -0.39 is 5.20 Å². The van der Waals surface area contributed by atoms with E-state index in [-0.39, 0.29) is 5.56 Å². The molecule has 0 aromatic carbocycles. The second kappa shape index (κ2) is 11.3. The second-order valence-electron chi connectivity index (χ2n) is 4.24. The van der Waals surface area contributed by atoms with Crippen molar-refractivity contribution in [3.63, 3.8) is 0 Å². The van der Waals surface area contributed by atoms with Gasteiger partial charge in [0.15, 0.2) is 5.15 Å². The Kier molecular flexibility index (Phi) is 9.10. The number of hydrogen-bond donors (Lipinski definition) is 1. The van der Waals surface area contributed by atoms with E-state index in [9.17, 15) is 9.36 Å². The third kappa shape index (κ3) is 8.32. The van der Waals surface area contributed by atoms with Gasteiger partial charge in [0, 0.05) is 13.8 Å². The number of H-pyrrole nitrogens is 1. The number of halogens is 4. The van der Waals surface area contributed by atoms with E-state index in [1.165, 1.54) is 17.2 Å². The zero-order valence-electron chi connectivity index (χ0n) is 14.8. The van der Waals surface area contributed by atoms with Crippen LogP contribution in [0.1, 0.15) is 15.2 Å². The van der Waals surface area contributed by atoms with Gasteiger partial charge in [-0.15, -0.1) is 0 Å². The maximum atomic E-state index is 10.9. The lowest BCUT2D eigenvalue weighted by molar-refractivity contribution is 0.600. The number of hydrogen-bond acceptors (Lipinski definition) is 5. The maximum absolute atomic E-state index is 10.9. The van der Waals surface area contributed by atoms with Crippen LogP contribution in [-0.4, -0.2) is 29.2 Å². The Morgan fingerprint density at radius 3 is 2.15 bits per heavy atom. The van der Waals surface area contributed by atoms with E-state index in [2.05, 4.69) is 53.9 Å². The van der Waals surface area contributed by atoms with Crippen LogP contribution >= 0.6 is 50.5 Å². The van der Waals surface area contributed by atoms with Crippen molar-refractivity contribution >= 4 is 61.6 Å². The zero-order valence-corrected chi connectivity index (χ0v) is 17.8. The predicted molar refractivity (Wildman–Crippen MR) is 110 cm³/mol. The summed E-state index contributed by atoms with van der Waals surface area (Å²) in [5.41, 5.74) is 1.30. The Morgan fingerprint density at radius 2 is 1.63 bits per heavy atom. The molecule has 0 atom stereocenters. The number of aromatic amines is 1. The lowest BCUT2D eigenvalue weighted by Crippen LogP contribution is -2.09. The fraction of sp³-hybridized carbons (Fsp3) is 0.143. The van der Waals surface area contributed by atoms with Gasteiger partial charge in [-0.25, -0.2) is 14.0 Å². The van der Waals surface area contributed by atoms with Crippen LogP contribution in [-0.2, 0) is 4.57 Å². The van der Waals surface area contributed by atoms with Crippen LogP contribution in [0.3, 0.4) is 0 Å². The Morgan fingerprint density at radius 1 is 1.11 bits per heavy atom. The molecule has 0 bridgehead atoms. The number of nitrogens with zero attached hydrogens (tertiary/aromatic N) is 5. The molecule has 0 spiro atoms. The molecule has 13 heteroatoms. The molecule has 0 aliphatic carbocycles. The van der Waals surface area contributed by atoms with E-state index in [1.807, 2.05) is 18.3 Å². The first kappa shape index (κ1) is 21.7. The third-order valence-electron chi connectivity index (χ3n) is 2.63. The molecule has 0 fully saturated rings. The second-order valence-corrected chi connectivity index (χ2v) is 11.2. The Labute approximate surface area is 175 Å². The molecule has 27 heavy (non-hydrogen) atoms. The Hall–Kier alpha value is -1.57. The first-order valence-corrected chi connectivity index (χ1v) is 11.9. The van der Waals surface area contributed by atoms with Crippen LogP contribution in [0.15, 0.2) is 54.1 Å². The minimum absolute atomic E-state index is 0.111. The van der Waals surface area contributed by atoms with Crippen molar-refractivity contribution in [2.24, 2.45) is 0 Å². The van der Waals surface area contributed by atoms with Crippen molar-refractivity contribution in [1.29, 1.82) is 0 Å². The number of nitrogens with one attached hydrogen (secondary N) is 1. The molecule has 4 heterocycles. The predicted octanol–water partition coefficient (Wildman–Crippen LogP) is 5.24. The van der Waals surface area contributed by atoms with Gasteiger partial charge in [0.05, 0.1) is 0 Å². The van der Waals surface area contributed by atoms with Gasteiger partial charge in [-0.2, -0.15) is 10.2 Å². The fourth-order valence-corrected chi connectivity index (χ4v) is 1.90. The van der Waals surface area contributed by atoms with Gasteiger partial charge in [-0.3, -0.25) is 9.36 Å².